The number of hydrogen-bond donors (Lipinski definition) is 2. The second kappa shape index (κ2) is 9.15. The molecule has 5 nitrogen and oxygen atoms in total. The Morgan fingerprint density at radius 2 is 1.81 bits per heavy atom. The number of rotatable bonds is 6. The number of likely N-dealkylation sites (tertiary alicyclic amines) is 1. The van der Waals surface area contributed by atoms with Crippen molar-refractivity contribution in [1.82, 2.24) is 10.2 Å². The Morgan fingerprint density at radius 1 is 1.15 bits per heavy atom. The average molecular weight is 404 g/mol. The first kappa shape index (κ1) is 19.6. The van der Waals surface area contributed by atoms with Gasteiger partial charge < -0.3 is 16.0 Å². The zero-order valence-corrected chi connectivity index (χ0v) is 16.4. The Labute approximate surface area is 168 Å². The molecule has 0 aromatic heterocycles. The van der Waals surface area contributed by atoms with E-state index in [4.69, 9.17) is 17.3 Å². The van der Waals surface area contributed by atoms with E-state index in [9.17, 15) is 9.59 Å². The number of thioether (sulfide) groups is 1. The molecule has 2 aromatic rings. The van der Waals surface area contributed by atoms with E-state index in [1.807, 2.05) is 42.5 Å². The Hall–Kier alpha value is -2.18. The SMILES string of the molecule is NC(=O)N1CCC(NC(=O)CSC(c2ccccc2)c2ccc(Cl)cc2)C1. The third-order valence-electron chi connectivity index (χ3n) is 4.52. The molecule has 1 heterocycles. The van der Waals surface area contributed by atoms with Crippen LogP contribution >= 0.6 is 23.4 Å². The molecule has 2 atom stereocenters. The number of hydrogen-bond acceptors (Lipinski definition) is 3. The molecule has 2 aromatic carbocycles. The maximum absolute atomic E-state index is 12.4. The van der Waals surface area contributed by atoms with Crippen molar-refractivity contribution in [3.8, 4) is 0 Å². The predicted octanol–water partition coefficient (Wildman–Crippen LogP) is 3.43. The number of carbonyl (C=O) groups is 2. The van der Waals surface area contributed by atoms with Crippen LogP contribution in [-0.4, -0.2) is 41.7 Å². The smallest absolute Gasteiger partial charge is 0.314 e. The van der Waals surface area contributed by atoms with Gasteiger partial charge in [-0.1, -0.05) is 54.1 Å². The molecule has 7 heteroatoms. The molecular formula is C20H22ClN3O2S. The fraction of sp³-hybridized carbons (Fsp3) is 0.300. The number of halogens is 1. The molecule has 1 fully saturated rings. The molecule has 0 saturated carbocycles. The van der Waals surface area contributed by atoms with E-state index >= 15 is 0 Å². The minimum absolute atomic E-state index is 0.0312. The third-order valence-corrected chi connectivity index (χ3v) is 6.08. The topological polar surface area (TPSA) is 75.4 Å². The van der Waals surface area contributed by atoms with Crippen molar-refractivity contribution >= 4 is 35.3 Å². The second-order valence-corrected chi connectivity index (χ2v) is 8.02. The number of amides is 3. The van der Waals surface area contributed by atoms with E-state index in [0.717, 1.165) is 17.5 Å². The summed E-state index contributed by atoms with van der Waals surface area (Å²) in [5, 5.41) is 3.73. The van der Waals surface area contributed by atoms with Crippen molar-refractivity contribution < 1.29 is 9.59 Å². The standard InChI is InChI=1S/C20H22ClN3O2S/c21-16-8-6-15(7-9-16)19(14-4-2-1-3-5-14)27-13-18(25)23-17-10-11-24(12-17)20(22)26/h1-9,17,19H,10-13H2,(H2,22,26)(H,23,25). The van der Waals surface area contributed by atoms with Gasteiger partial charge in [0.05, 0.1) is 11.0 Å². The van der Waals surface area contributed by atoms with E-state index in [2.05, 4.69) is 17.4 Å². The zero-order valence-electron chi connectivity index (χ0n) is 14.8. The monoisotopic (exact) mass is 403 g/mol. The van der Waals surface area contributed by atoms with Crippen LogP contribution in [0.2, 0.25) is 5.02 Å². The molecular weight excluding hydrogens is 382 g/mol. The van der Waals surface area contributed by atoms with Crippen molar-refractivity contribution in [1.29, 1.82) is 0 Å². The van der Waals surface area contributed by atoms with Gasteiger partial charge in [-0.15, -0.1) is 11.8 Å². The number of nitrogens with two attached hydrogens (primary N) is 1. The van der Waals surface area contributed by atoms with Gasteiger partial charge in [-0.2, -0.15) is 0 Å². The highest BCUT2D eigenvalue weighted by atomic mass is 35.5. The van der Waals surface area contributed by atoms with Crippen LogP contribution < -0.4 is 11.1 Å². The Balaban J connectivity index is 1.62. The average Bonchev–Trinajstić information content (AvgIpc) is 3.13. The lowest BCUT2D eigenvalue weighted by molar-refractivity contribution is -0.119. The van der Waals surface area contributed by atoms with Gasteiger partial charge in [-0.25, -0.2) is 4.79 Å². The molecule has 2 unspecified atom stereocenters. The van der Waals surface area contributed by atoms with E-state index in [1.165, 1.54) is 0 Å². The molecule has 3 N–H and O–H groups in total. The van der Waals surface area contributed by atoms with Crippen LogP contribution in [0.25, 0.3) is 0 Å². The van der Waals surface area contributed by atoms with Crippen LogP contribution in [0.1, 0.15) is 22.8 Å². The first-order valence-electron chi connectivity index (χ1n) is 8.78. The molecule has 0 spiro atoms. The molecule has 0 radical (unpaired) electrons. The summed E-state index contributed by atoms with van der Waals surface area (Å²) in [6, 6.07) is 17.3. The Morgan fingerprint density at radius 3 is 2.44 bits per heavy atom. The number of nitrogens with zero attached hydrogens (tertiary/aromatic N) is 1. The summed E-state index contributed by atoms with van der Waals surface area (Å²) in [7, 11) is 0. The highest BCUT2D eigenvalue weighted by Crippen LogP contribution is 2.35. The van der Waals surface area contributed by atoms with Crippen molar-refractivity contribution in [3.63, 3.8) is 0 Å². The van der Waals surface area contributed by atoms with Gasteiger partial charge in [0.25, 0.3) is 0 Å². The maximum atomic E-state index is 12.4. The molecule has 0 aliphatic carbocycles. The lowest BCUT2D eigenvalue weighted by Gasteiger charge is -2.19. The van der Waals surface area contributed by atoms with Crippen LogP contribution in [0.4, 0.5) is 4.79 Å². The number of benzene rings is 2. The molecule has 142 valence electrons. The van der Waals surface area contributed by atoms with E-state index < -0.39 is 6.03 Å². The summed E-state index contributed by atoms with van der Waals surface area (Å²) in [5.74, 6) is 0.293. The van der Waals surface area contributed by atoms with Gasteiger partial charge in [-0.05, 0) is 29.7 Å². The van der Waals surface area contributed by atoms with E-state index in [0.29, 0.717) is 23.9 Å². The fourth-order valence-electron chi connectivity index (χ4n) is 3.16. The fourth-order valence-corrected chi connectivity index (χ4v) is 4.38. The lowest BCUT2D eigenvalue weighted by Crippen LogP contribution is -2.40. The highest BCUT2D eigenvalue weighted by Gasteiger charge is 2.26. The quantitative estimate of drug-likeness (QED) is 0.775. The van der Waals surface area contributed by atoms with Crippen LogP contribution in [0, 0.1) is 0 Å². The molecule has 27 heavy (non-hydrogen) atoms. The van der Waals surface area contributed by atoms with Gasteiger partial charge in [0.15, 0.2) is 0 Å². The molecule has 0 bridgehead atoms. The Kier molecular flexibility index (Phi) is 6.63. The minimum Gasteiger partial charge on any atom is -0.351 e. The van der Waals surface area contributed by atoms with Gasteiger partial charge >= 0.3 is 6.03 Å². The molecule has 1 saturated heterocycles. The molecule has 1 aliphatic heterocycles. The lowest BCUT2D eigenvalue weighted by atomic mass is 10.0. The molecule has 3 rings (SSSR count). The zero-order chi connectivity index (χ0) is 19.2. The summed E-state index contributed by atoms with van der Waals surface area (Å²) in [6.45, 7) is 1.07. The second-order valence-electron chi connectivity index (χ2n) is 6.49. The maximum Gasteiger partial charge on any atom is 0.314 e. The molecule has 3 amide bonds. The number of primary amides is 1. The van der Waals surface area contributed by atoms with Gasteiger partial charge in [-0.3, -0.25) is 4.79 Å². The van der Waals surface area contributed by atoms with E-state index in [-0.39, 0.29) is 17.2 Å². The van der Waals surface area contributed by atoms with Crippen LogP contribution in [0.15, 0.2) is 54.6 Å². The first-order valence-corrected chi connectivity index (χ1v) is 10.2. The Bertz CT molecular complexity index is 786. The van der Waals surface area contributed by atoms with Crippen molar-refractivity contribution in [3.05, 3.63) is 70.7 Å². The van der Waals surface area contributed by atoms with Gasteiger partial charge in [0.1, 0.15) is 0 Å². The summed E-state index contributed by atoms with van der Waals surface area (Å²) in [6.07, 6.45) is 0.735. The normalized spacial score (nSPS) is 17.5. The van der Waals surface area contributed by atoms with Crippen molar-refractivity contribution in [2.45, 2.75) is 17.7 Å². The first-order chi connectivity index (χ1) is 13.0. The summed E-state index contributed by atoms with van der Waals surface area (Å²) >= 11 is 7.58. The van der Waals surface area contributed by atoms with Crippen LogP contribution in [0.5, 0.6) is 0 Å². The largest absolute Gasteiger partial charge is 0.351 e. The van der Waals surface area contributed by atoms with Gasteiger partial charge in [0, 0.05) is 24.2 Å². The number of carbonyl (C=O) groups excluding carboxylic acids is 2. The van der Waals surface area contributed by atoms with Gasteiger partial charge in [0.2, 0.25) is 5.91 Å². The molecule has 1 aliphatic rings. The predicted molar refractivity (Wildman–Crippen MR) is 110 cm³/mol. The number of urea groups is 1. The van der Waals surface area contributed by atoms with Crippen LogP contribution in [0.3, 0.4) is 0 Å². The van der Waals surface area contributed by atoms with Crippen molar-refractivity contribution in [2.75, 3.05) is 18.8 Å². The summed E-state index contributed by atoms with van der Waals surface area (Å²) in [4.78, 5) is 25.2. The number of nitrogens with one attached hydrogen (secondary N) is 1. The highest BCUT2D eigenvalue weighted by molar-refractivity contribution is 8.00. The van der Waals surface area contributed by atoms with Crippen LogP contribution in [-0.2, 0) is 4.79 Å². The summed E-state index contributed by atoms with van der Waals surface area (Å²) < 4.78 is 0. The van der Waals surface area contributed by atoms with E-state index in [1.54, 1.807) is 16.7 Å². The summed E-state index contributed by atoms with van der Waals surface area (Å²) in [5.41, 5.74) is 7.53. The van der Waals surface area contributed by atoms with Crippen molar-refractivity contribution in [2.24, 2.45) is 5.73 Å². The third kappa shape index (κ3) is 5.40. The minimum atomic E-state index is -0.437.